The number of nitrogen functional groups attached to an aromatic ring is 1. The predicted molar refractivity (Wildman–Crippen MR) is 66.2 cm³/mol. The Morgan fingerprint density at radius 3 is 2.62 bits per heavy atom. The summed E-state index contributed by atoms with van der Waals surface area (Å²) in [5.41, 5.74) is 5.76. The summed E-state index contributed by atoms with van der Waals surface area (Å²) in [5.74, 6) is 0. The lowest BCUT2D eigenvalue weighted by Crippen LogP contribution is -2.22. The van der Waals surface area contributed by atoms with E-state index in [0.717, 1.165) is 10.4 Å². The summed E-state index contributed by atoms with van der Waals surface area (Å²) in [4.78, 5) is 4.76. The van der Waals surface area contributed by atoms with Crippen molar-refractivity contribution in [1.82, 2.24) is 4.98 Å². The second kappa shape index (κ2) is 4.23. The van der Waals surface area contributed by atoms with Crippen LogP contribution >= 0.6 is 11.3 Å². The number of nitrogens with zero attached hydrogens (tertiary/aromatic N) is 1. The van der Waals surface area contributed by atoms with Crippen LogP contribution in [0, 0.1) is 0 Å². The van der Waals surface area contributed by atoms with Gasteiger partial charge in [-0.3, -0.25) is 0 Å². The summed E-state index contributed by atoms with van der Waals surface area (Å²) in [5, 5.41) is 10.9. The number of thiazole rings is 1. The Hall–Kier alpha value is -1.39. The largest absolute Gasteiger partial charge is 0.384 e. The highest BCUT2D eigenvalue weighted by atomic mass is 32.1. The second-order valence-corrected chi connectivity index (χ2v) is 5.06. The molecular formula is C12H14N2OS. The Kier molecular flexibility index (Phi) is 2.94. The Balaban J connectivity index is 2.20. The molecule has 0 radical (unpaired) electrons. The van der Waals surface area contributed by atoms with Crippen LogP contribution in [0.1, 0.15) is 17.4 Å². The van der Waals surface area contributed by atoms with Gasteiger partial charge in [0.1, 0.15) is 5.60 Å². The van der Waals surface area contributed by atoms with Gasteiger partial charge in [0.05, 0.1) is 4.88 Å². The lowest BCUT2D eigenvalue weighted by molar-refractivity contribution is 0.0613. The van der Waals surface area contributed by atoms with Crippen LogP contribution in [-0.4, -0.2) is 10.1 Å². The SMILES string of the molecule is CC(O)(Cc1ccccc1)c1cnc(N)s1. The highest BCUT2D eigenvalue weighted by Crippen LogP contribution is 2.30. The first kappa shape index (κ1) is 11.1. The Morgan fingerprint density at radius 2 is 2.06 bits per heavy atom. The smallest absolute Gasteiger partial charge is 0.180 e. The summed E-state index contributed by atoms with van der Waals surface area (Å²) in [6.07, 6.45) is 2.21. The lowest BCUT2D eigenvalue weighted by atomic mass is 9.95. The molecule has 2 rings (SSSR count). The standard InChI is InChI=1S/C12H14N2OS/c1-12(15,10-8-14-11(13)16-10)7-9-5-3-2-4-6-9/h2-6,8,15H,7H2,1H3,(H2,13,14). The lowest BCUT2D eigenvalue weighted by Gasteiger charge is -2.21. The van der Waals surface area contributed by atoms with Crippen molar-refractivity contribution in [1.29, 1.82) is 0 Å². The van der Waals surface area contributed by atoms with Crippen molar-refractivity contribution in [2.75, 3.05) is 5.73 Å². The molecule has 1 aromatic heterocycles. The van der Waals surface area contributed by atoms with Crippen LogP contribution in [0.4, 0.5) is 5.13 Å². The van der Waals surface area contributed by atoms with Gasteiger partial charge in [-0.2, -0.15) is 0 Å². The van der Waals surface area contributed by atoms with Crippen LogP contribution < -0.4 is 5.73 Å². The number of nitrogens with two attached hydrogens (primary N) is 1. The normalized spacial score (nSPS) is 14.6. The first-order valence-electron chi connectivity index (χ1n) is 5.06. The molecule has 3 nitrogen and oxygen atoms in total. The van der Waals surface area contributed by atoms with Gasteiger partial charge >= 0.3 is 0 Å². The van der Waals surface area contributed by atoms with Gasteiger partial charge in [0.25, 0.3) is 0 Å². The number of aromatic nitrogens is 1. The van der Waals surface area contributed by atoms with E-state index in [1.807, 2.05) is 30.3 Å². The Bertz CT molecular complexity index is 465. The Labute approximate surface area is 98.6 Å². The molecular weight excluding hydrogens is 220 g/mol. The molecule has 0 bridgehead atoms. The minimum absolute atomic E-state index is 0.489. The summed E-state index contributed by atoms with van der Waals surface area (Å²) in [6, 6.07) is 9.89. The molecule has 0 aliphatic heterocycles. The number of benzene rings is 1. The zero-order valence-electron chi connectivity index (χ0n) is 9.05. The van der Waals surface area contributed by atoms with Crippen molar-refractivity contribution in [2.45, 2.75) is 18.9 Å². The van der Waals surface area contributed by atoms with E-state index >= 15 is 0 Å². The number of rotatable bonds is 3. The summed E-state index contributed by atoms with van der Waals surface area (Å²) in [7, 11) is 0. The van der Waals surface area contributed by atoms with Crippen LogP contribution in [0.15, 0.2) is 36.5 Å². The molecule has 0 spiro atoms. The van der Waals surface area contributed by atoms with Crippen molar-refractivity contribution >= 4 is 16.5 Å². The molecule has 2 aromatic rings. The summed E-state index contributed by atoms with van der Waals surface area (Å²) >= 11 is 1.33. The monoisotopic (exact) mass is 234 g/mol. The van der Waals surface area contributed by atoms with Crippen molar-refractivity contribution in [3.63, 3.8) is 0 Å². The van der Waals surface area contributed by atoms with E-state index in [4.69, 9.17) is 5.73 Å². The highest BCUT2D eigenvalue weighted by molar-refractivity contribution is 7.15. The van der Waals surface area contributed by atoms with E-state index < -0.39 is 5.60 Å². The Morgan fingerprint density at radius 1 is 1.38 bits per heavy atom. The van der Waals surface area contributed by atoms with E-state index in [1.165, 1.54) is 11.3 Å². The third kappa shape index (κ3) is 2.40. The first-order valence-corrected chi connectivity index (χ1v) is 5.88. The van der Waals surface area contributed by atoms with E-state index in [2.05, 4.69) is 4.98 Å². The van der Waals surface area contributed by atoms with Crippen molar-refractivity contribution in [2.24, 2.45) is 0 Å². The number of hydrogen-bond donors (Lipinski definition) is 2. The quantitative estimate of drug-likeness (QED) is 0.855. The van der Waals surface area contributed by atoms with Crippen LogP contribution in [0.2, 0.25) is 0 Å². The zero-order chi connectivity index (χ0) is 11.6. The van der Waals surface area contributed by atoms with E-state index in [1.54, 1.807) is 13.1 Å². The average molecular weight is 234 g/mol. The molecule has 0 aliphatic rings. The van der Waals surface area contributed by atoms with Crippen LogP contribution in [0.5, 0.6) is 0 Å². The zero-order valence-corrected chi connectivity index (χ0v) is 9.87. The molecule has 16 heavy (non-hydrogen) atoms. The molecule has 0 amide bonds. The molecule has 1 unspecified atom stereocenters. The number of hydrogen-bond acceptors (Lipinski definition) is 4. The first-order chi connectivity index (χ1) is 7.58. The van der Waals surface area contributed by atoms with E-state index in [-0.39, 0.29) is 0 Å². The fourth-order valence-corrected chi connectivity index (χ4v) is 2.35. The summed E-state index contributed by atoms with van der Waals surface area (Å²) < 4.78 is 0. The van der Waals surface area contributed by atoms with E-state index in [9.17, 15) is 5.11 Å². The molecule has 84 valence electrons. The maximum absolute atomic E-state index is 10.4. The van der Waals surface area contributed by atoms with Gasteiger partial charge in [0.2, 0.25) is 0 Å². The molecule has 0 fully saturated rings. The van der Waals surface area contributed by atoms with Crippen LogP contribution in [-0.2, 0) is 12.0 Å². The molecule has 0 aliphatic carbocycles. The fourth-order valence-electron chi connectivity index (χ4n) is 1.62. The van der Waals surface area contributed by atoms with Gasteiger partial charge in [0, 0.05) is 12.6 Å². The van der Waals surface area contributed by atoms with Crippen molar-refractivity contribution < 1.29 is 5.11 Å². The molecule has 0 saturated carbocycles. The molecule has 3 N–H and O–H groups in total. The van der Waals surface area contributed by atoms with E-state index in [0.29, 0.717) is 11.6 Å². The minimum Gasteiger partial charge on any atom is -0.384 e. The second-order valence-electron chi connectivity index (χ2n) is 4.00. The molecule has 1 atom stereocenters. The van der Waals surface area contributed by atoms with Crippen LogP contribution in [0.25, 0.3) is 0 Å². The number of anilines is 1. The van der Waals surface area contributed by atoms with Crippen molar-refractivity contribution in [3.8, 4) is 0 Å². The number of aliphatic hydroxyl groups is 1. The topological polar surface area (TPSA) is 59.1 Å². The van der Waals surface area contributed by atoms with Gasteiger partial charge in [-0.1, -0.05) is 41.7 Å². The summed E-state index contributed by atoms with van der Waals surface area (Å²) in [6.45, 7) is 1.78. The third-order valence-corrected chi connectivity index (χ3v) is 3.53. The van der Waals surface area contributed by atoms with Gasteiger partial charge in [-0.25, -0.2) is 4.98 Å². The maximum atomic E-state index is 10.4. The minimum atomic E-state index is -0.906. The molecule has 0 saturated heterocycles. The van der Waals surface area contributed by atoms with Crippen LogP contribution in [0.3, 0.4) is 0 Å². The molecule has 1 heterocycles. The molecule has 1 aromatic carbocycles. The van der Waals surface area contributed by atoms with Gasteiger partial charge in [-0.05, 0) is 12.5 Å². The predicted octanol–water partition coefficient (Wildman–Crippen LogP) is 2.18. The molecule has 4 heteroatoms. The van der Waals surface area contributed by atoms with Gasteiger partial charge < -0.3 is 10.8 Å². The third-order valence-electron chi connectivity index (χ3n) is 2.45. The average Bonchev–Trinajstić information content (AvgIpc) is 2.66. The van der Waals surface area contributed by atoms with Gasteiger partial charge in [0.15, 0.2) is 5.13 Å². The highest BCUT2D eigenvalue weighted by Gasteiger charge is 2.25. The van der Waals surface area contributed by atoms with Crippen molar-refractivity contribution in [3.05, 3.63) is 47.0 Å². The van der Waals surface area contributed by atoms with Gasteiger partial charge in [-0.15, -0.1) is 0 Å². The fraction of sp³-hybridized carbons (Fsp3) is 0.250. The maximum Gasteiger partial charge on any atom is 0.180 e.